The summed E-state index contributed by atoms with van der Waals surface area (Å²) in [4.78, 5) is 3.92. The Kier molecular flexibility index (Phi) is 1.72. The molecule has 56 valence electrons. The fraction of sp³-hybridized carbons (Fsp3) is 0. The summed E-state index contributed by atoms with van der Waals surface area (Å²) < 4.78 is 2.62. The highest BCUT2D eigenvalue weighted by molar-refractivity contribution is 14.1. The molecular weight excluding hydrogens is 276 g/mol. The van der Waals surface area contributed by atoms with Crippen LogP contribution in [0.4, 0.5) is 0 Å². The highest BCUT2D eigenvalue weighted by Crippen LogP contribution is 2.15. The molecule has 2 heterocycles. The number of hydrogen-bond acceptors (Lipinski definition) is 2. The van der Waals surface area contributed by atoms with E-state index >= 15 is 0 Å². The van der Waals surface area contributed by atoms with Gasteiger partial charge in [-0.3, -0.25) is 0 Å². The molecule has 2 aromatic heterocycles. The number of rotatable bonds is 0. The van der Waals surface area contributed by atoms with Gasteiger partial charge in [-0.15, -0.1) is 0 Å². The Hall–Kier alpha value is -0.360. The SMILES string of the molecule is Clc1nccn2nc(I)cc12. The van der Waals surface area contributed by atoms with Crippen LogP contribution in [0.2, 0.25) is 5.15 Å². The van der Waals surface area contributed by atoms with Gasteiger partial charge in [-0.1, -0.05) is 11.6 Å². The molecule has 2 aromatic rings. The summed E-state index contributed by atoms with van der Waals surface area (Å²) in [6.45, 7) is 0. The quantitative estimate of drug-likeness (QED) is 0.690. The van der Waals surface area contributed by atoms with Crippen molar-refractivity contribution in [3.05, 3.63) is 27.3 Å². The lowest BCUT2D eigenvalue weighted by Crippen LogP contribution is -1.87. The molecule has 11 heavy (non-hydrogen) atoms. The van der Waals surface area contributed by atoms with Crippen LogP contribution in [0.1, 0.15) is 0 Å². The van der Waals surface area contributed by atoms with E-state index in [9.17, 15) is 0 Å². The summed E-state index contributed by atoms with van der Waals surface area (Å²) in [5.74, 6) is 0. The van der Waals surface area contributed by atoms with E-state index in [1.54, 1.807) is 16.9 Å². The van der Waals surface area contributed by atoms with Gasteiger partial charge in [0, 0.05) is 18.5 Å². The molecular formula is C6H3ClIN3. The lowest BCUT2D eigenvalue weighted by Gasteiger charge is -1.91. The molecule has 0 unspecified atom stereocenters. The zero-order valence-electron chi connectivity index (χ0n) is 5.33. The van der Waals surface area contributed by atoms with Crippen molar-refractivity contribution in [1.82, 2.24) is 14.6 Å². The minimum atomic E-state index is 0.489. The van der Waals surface area contributed by atoms with Crippen molar-refractivity contribution in [2.45, 2.75) is 0 Å². The zero-order valence-corrected chi connectivity index (χ0v) is 8.24. The average molecular weight is 279 g/mol. The molecule has 0 saturated heterocycles. The third kappa shape index (κ3) is 1.20. The van der Waals surface area contributed by atoms with Crippen molar-refractivity contribution in [1.29, 1.82) is 0 Å². The van der Waals surface area contributed by atoms with Crippen LogP contribution in [-0.2, 0) is 0 Å². The van der Waals surface area contributed by atoms with Gasteiger partial charge in [0.2, 0.25) is 0 Å². The Morgan fingerprint density at radius 1 is 1.55 bits per heavy atom. The van der Waals surface area contributed by atoms with Crippen molar-refractivity contribution < 1.29 is 0 Å². The van der Waals surface area contributed by atoms with E-state index < -0.39 is 0 Å². The van der Waals surface area contributed by atoms with E-state index in [-0.39, 0.29) is 0 Å². The molecule has 0 saturated carbocycles. The number of nitrogens with zero attached hydrogens (tertiary/aromatic N) is 3. The molecule has 0 aliphatic carbocycles. The molecule has 0 spiro atoms. The minimum Gasteiger partial charge on any atom is -0.241 e. The zero-order chi connectivity index (χ0) is 7.84. The lowest BCUT2D eigenvalue weighted by atomic mass is 10.5. The first-order valence-electron chi connectivity index (χ1n) is 2.93. The van der Waals surface area contributed by atoms with Gasteiger partial charge in [0.15, 0.2) is 5.15 Å². The van der Waals surface area contributed by atoms with E-state index in [4.69, 9.17) is 11.6 Å². The largest absolute Gasteiger partial charge is 0.241 e. The predicted molar refractivity (Wildman–Crippen MR) is 50.7 cm³/mol. The van der Waals surface area contributed by atoms with E-state index in [0.29, 0.717) is 5.15 Å². The molecule has 0 aromatic carbocycles. The summed E-state index contributed by atoms with van der Waals surface area (Å²) >= 11 is 7.93. The summed E-state index contributed by atoms with van der Waals surface area (Å²) in [5.41, 5.74) is 0.846. The Morgan fingerprint density at radius 2 is 2.36 bits per heavy atom. The lowest BCUT2D eigenvalue weighted by molar-refractivity contribution is 0.932. The fourth-order valence-corrected chi connectivity index (χ4v) is 1.59. The van der Waals surface area contributed by atoms with Gasteiger partial charge in [-0.2, -0.15) is 5.10 Å². The molecule has 5 heteroatoms. The Bertz CT molecular complexity index is 398. The molecule has 0 N–H and O–H groups in total. The molecule has 3 nitrogen and oxygen atoms in total. The fourth-order valence-electron chi connectivity index (χ4n) is 0.860. The highest BCUT2D eigenvalue weighted by atomic mass is 127. The normalized spacial score (nSPS) is 10.7. The van der Waals surface area contributed by atoms with Crippen molar-refractivity contribution >= 4 is 39.7 Å². The first-order chi connectivity index (χ1) is 5.27. The van der Waals surface area contributed by atoms with Gasteiger partial charge in [-0.05, 0) is 22.6 Å². The van der Waals surface area contributed by atoms with Crippen molar-refractivity contribution in [2.75, 3.05) is 0 Å². The van der Waals surface area contributed by atoms with Gasteiger partial charge in [0.25, 0.3) is 0 Å². The number of halogens is 2. The van der Waals surface area contributed by atoms with Crippen LogP contribution >= 0.6 is 34.2 Å². The highest BCUT2D eigenvalue weighted by Gasteiger charge is 2.01. The first-order valence-corrected chi connectivity index (χ1v) is 4.38. The molecule has 0 aliphatic heterocycles. The monoisotopic (exact) mass is 279 g/mol. The Labute approximate surface area is 81.5 Å². The maximum absolute atomic E-state index is 5.80. The topological polar surface area (TPSA) is 30.2 Å². The molecule has 0 bridgehead atoms. The maximum Gasteiger partial charge on any atom is 0.154 e. The molecule has 0 atom stereocenters. The van der Waals surface area contributed by atoms with Crippen LogP contribution in [0.3, 0.4) is 0 Å². The summed E-state index contributed by atoms with van der Waals surface area (Å²) in [7, 11) is 0. The van der Waals surface area contributed by atoms with Gasteiger partial charge >= 0.3 is 0 Å². The van der Waals surface area contributed by atoms with Crippen LogP contribution in [0, 0.1) is 3.70 Å². The van der Waals surface area contributed by atoms with Gasteiger partial charge in [0.1, 0.15) is 9.22 Å². The maximum atomic E-state index is 5.80. The van der Waals surface area contributed by atoms with Crippen LogP contribution in [0.5, 0.6) is 0 Å². The molecule has 0 fully saturated rings. The Morgan fingerprint density at radius 3 is 3.09 bits per heavy atom. The average Bonchev–Trinajstić information content (AvgIpc) is 2.31. The standard InChI is InChI=1S/C6H3ClIN3/c7-6-4-3-5(8)10-11(4)2-1-9-6/h1-3H. The van der Waals surface area contributed by atoms with Crippen molar-refractivity contribution in [3.8, 4) is 0 Å². The van der Waals surface area contributed by atoms with Crippen molar-refractivity contribution in [3.63, 3.8) is 0 Å². The number of aromatic nitrogens is 3. The second kappa shape index (κ2) is 2.60. The third-order valence-electron chi connectivity index (χ3n) is 1.31. The van der Waals surface area contributed by atoms with E-state index in [1.165, 1.54) is 0 Å². The molecule has 0 amide bonds. The predicted octanol–water partition coefficient (Wildman–Crippen LogP) is 1.99. The molecule has 2 rings (SSSR count). The van der Waals surface area contributed by atoms with Crippen molar-refractivity contribution in [2.24, 2.45) is 0 Å². The van der Waals surface area contributed by atoms with E-state index in [2.05, 4.69) is 32.7 Å². The van der Waals surface area contributed by atoms with Crippen LogP contribution in [-0.4, -0.2) is 14.6 Å². The van der Waals surface area contributed by atoms with Gasteiger partial charge in [0.05, 0.1) is 0 Å². The van der Waals surface area contributed by atoms with Gasteiger partial charge < -0.3 is 0 Å². The second-order valence-electron chi connectivity index (χ2n) is 2.01. The summed E-state index contributed by atoms with van der Waals surface area (Å²) in [6, 6.07) is 1.88. The Balaban J connectivity index is 2.90. The number of hydrogen-bond donors (Lipinski definition) is 0. The summed E-state index contributed by atoms with van der Waals surface area (Å²) in [6.07, 6.45) is 3.39. The van der Waals surface area contributed by atoms with E-state index in [1.807, 2.05) is 6.07 Å². The molecule has 0 radical (unpaired) electrons. The molecule has 0 aliphatic rings. The van der Waals surface area contributed by atoms with Crippen LogP contribution in [0.15, 0.2) is 18.5 Å². The van der Waals surface area contributed by atoms with Gasteiger partial charge in [-0.25, -0.2) is 9.50 Å². The smallest absolute Gasteiger partial charge is 0.154 e. The number of fused-ring (bicyclic) bond motifs is 1. The summed E-state index contributed by atoms with van der Waals surface area (Å²) in [5, 5.41) is 4.64. The third-order valence-corrected chi connectivity index (χ3v) is 2.13. The minimum absolute atomic E-state index is 0.489. The first kappa shape index (κ1) is 7.30. The second-order valence-corrected chi connectivity index (χ2v) is 3.48. The van der Waals surface area contributed by atoms with E-state index in [0.717, 1.165) is 9.22 Å². The van der Waals surface area contributed by atoms with Crippen LogP contribution in [0.25, 0.3) is 5.52 Å². The van der Waals surface area contributed by atoms with Crippen LogP contribution < -0.4 is 0 Å².